The summed E-state index contributed by atoms with van der Waals surface area (Å²) in [6.07, 6.45) is -0.188. The molecule has 10 N–H and O–H groups in total. The van der Waals surface area contributed by atoms with Crippen LogP contribution in [0.15, 0.2) is 12.7 Å². The predicted molar refractivity (Wildman–Crippen MR) is 101 cm³/mol. The highest BCUT2D eigenvalue weighted by molar-refractivity contribution is 5.83. The van der Waals surface area contributed by atoms with Crippen LogP contribution in [-0.2, 0) is 15.4 Å². The average Bonchev–Trinajstić information content (AvgIpc) is 3.24. The van der Waals surface area contributed by atoms with E-state index >= 15 is 0 Å². The van der Waals surface area contributed by atoms with Gasteiger partial charge in [0, 0.05) is 0 Å². The van der Waals surface area contributed by atoms with Gasteiger partial charge in [0.25, 0.3) is 5.85 Å². The summed E-state index contributed by atoms with van der Waals surface area (Å²) in [5.74, 6) is -2.55. The molecule has 1 aliphatic heterocycles. The van der Waals surface area contributed by atoms with Crippen LogP contribution in [0.1, 0.15) is 19.3 Å². The van der Waals surface area contributed by atoms with Gasteiger partial charge in [-0.3, -0.25) is 9.36 Å². The fraction of sp³-hybridized carbons (Fsp3) is 0.625. The molecule has 0 aromatic carbocycles. The SMILES string of the molecule is NCCCCC(N)C(=O)N[C@@]1(n2cnc3c(N)ncnc32)O[C@H](CO)[C@@H](O)[C@H]1O. The number of imidazole rings is 1. The predicted octanol–water partition coefficient (Wildman–Crippen LogP) is -3.30. The van der Waals surface area contributed by atoms with E-state index in [0.717, 1.165) is 0 Å². The number of hydrogen-bond acceptors (Lipinski definition) is 11. The molecule has 29 heavy (non-hydrogen) atoms. The van der Waals surface area contributed by atoms with Crippen molar-refractivity contribution in [2.45, 2.75) is 49.5 Å². The van der Waals surface area contributed by atoms with Crippen molar-refractivity contribution in [2.75, 3.05) is 18.9 Å². The van der Waals surface area contributed by atoms with Crippen molar-refractivity contribution in [3.05, 3.63) is 12.7 Å². The van der Waals surface area contributed by atoms with Crippen molar-refractivity contribution in [1.82, 2.24) is 24.8 Å². The van der Waals surface area contributed by atoms with Gasteiger partial charge in [-0.25, -0.2) is 15.0 Å². The van der Waals surface area contributed by atoms with E-state index in [1.165, 1.54) is 17.2 Å². The minimum absolute atomic E-state index is 0.0838. The first-order chi connectivity index (χ1) is 13.9. The Morgan fingerprint density at radius 1 is 1.34 bits per heavy atom. The van der Waals surface area contributed by atoms with Crippen molar-refractivity contribution < 1.29 is 24.9 Å². The first-order valence-corrected chi connectivity index (χ1v) is 9.22. The Balaban J connectivity index is 2.00. The molecular weight excluding hydrogens is 384 g/mol. The molecule has 0 bridgehead atoms. The van der Waals surface area contributed by atoms with Crippen LogP contribution in [-0.4, -0.2) is 78.3 Å². The second-order valence-electron chi connectivity index (χ2n) is 6.90. The fourth-order valence-electron chi connectivity index (χ4n) is 3.32. The summed E-state index contributed by atoms with van der Waals surface area (Å²) in [4.78, 5) is 24.8. The highest BCUT2D eigenvalue weighted by atomic mass is 16.6. The zero-order chi connectivity index (χ0) is 21.2. The first-order valence-electron chi connectivity index (χ1n) is 9.22. The zero-order valence-corrected chi connectivity index (χ0v) is 15.7. The summed E-state index contributed by atoms with van der Waals surface area (Å²) in [6, 6.07) is -0.908. The molecule has 5 atom stereocenters. The number of nitrogens with two attached hydrogens (primary N) is 3. The van der Waals surface area contributed by atoms with Gasteiger partial charge < -0.3 is 42.6 Å². The largest absolute Gasteiger partial charge is 0.394 e. The lowest BCUT2D eigenvalue weighted by Gasteiger charge is -2.35. The highest BCUT2D eigenvalue weighted by Crippen LogP contribution is 2.36. The van der Waals surface area contributed by atoms with Gasteiger partial charge in [-0.15, -0.1) is 0 Å². The number of aromatic nitrogens is 4. The van der Waals surface area contributed by atoms with Crippen molar-refractivity contribution in [3.8, 4) is 0 Å². The van der Waals surface area contributed by atoms with Crippen molar-refractivity contribution in [3.63, 3.8) is 0 Å². The number of carbonyl (C=O) groups is 1. The smallest absolute Gasteiger partial charge is 0.258 e. The van der Waals surface area contributed by atoms with Crippen LogP contribution in [0.5, 0.6) is 0 Å². The summed E-state index contributed by atoms with van der Waals surface area (Å²) < 4.78 is 6.96. The third kappa shape index (κ3) is 3.75. The Morgan fingerprint density at radius 2 is 2.10 bits per heavy atom. The lowest BCUT2D eigenvalue weighted by Crippen LogP contribution is -2.60. The third-order valence-corrected chi connectivity index (χ3v) is 4.94. The summed E-state index contributed by atoms with van der Waals surface area (Å²) in [5, 5.41) is 33.2. The molecule has 1 aliphatic rings. The van der Waals surface area contributed by atoms with Gasteiger partial charge in [0.15, 0.2) is 17.6 Å². The number of aliphatic hydroxyl groups excluding tert-OH is 3. The lowest BCUT2D eigenvalue weighted by molar-refractivity contribution is -0.177. The molecule has 2 aromatic heterocycles. The standard InChI is InChI=1S/C16H26N8O5/c17-4-2-1-3-8(18)15(28)23-16(12(27)11(26)9(5-25)29-16)24-7-22-10-13(19)20-6-21-14(10)24/h6-9,11-12,25-27H,1-5,17-18H2,(H,23,28)(H2,19,20,21)/t8?,9-,11-,12-,16+/m1/s1. The summed E-state index contributed by atoms with van der Waals surface area (Å²) >= 11 is 0. The Hall–Kier alpha value is -2.42. The summed E-state index contributed by atoms with van der Waals surface area (Å²) in [5.41, 5.74) is 17.6. The van der Waals surface area contributed by atoms with Gasteiger partial charge in [0.2, 0.25) is 5.91 Å². The second-order valence-corrected chi connectivity index (χ2v) is 6.90. The Morgan fingerprint density at radius 3 is 2.76 bits per heavy atom. The van der Waals surface area contributed by atoms with Crippen molar-refractivity contribution in [1.29, 1.82) is 0 Å². The summed E-state index contributed by atoms with van der Waals surface area (Å²) in [7, 11) is 0. The number of nitrogen functional groups attached to an aromatic ring is 1. The molecular formula is C16H26N8O5. The fourth-order valence-corrected chi connectivity index (χ4v) is 3.32. The van der Waals surface area contributed by atoms with E-state index in [4.69, 9.17) is 21.9 Å². The number of amides is 1. The number of unbranched alkanes of at least 4 members (excludes halogenated alkanes) is 1. The monoisotopic (exact) mass is 410 g/mol. The molecule has 1 fully saturated rings. The minimum Gasteiger partial charge on any atom is -0.394 e. The third-order valence-electron chi connectivity index (χ3n) is 4.94. The zero-order valence-electron chi connectivity index (χ0n) is 15.7. The van der Waals surface area contributed by atoms with E-state index in [0.29, 0.717) is 25.8 Å². The van der Waals surface area contributed by atoms with Gasteiger partial charge in [-0.05, 0) is 19.4 Å². The van der Waals surface area contributed by atoms with Gasteiger partial charge in [0.05, 0.1) is 12.6 Å². The van der Waals surface area contributed by atoms with Crippen molar-refractivity contribution in [2.24, 2.45) is 11.5 Å². The topological polar surface area (TPSA) is 221 Å². The van der Waals surface area contributed by atoms with Crippen LogP contribution in [0.25, 0.3) is 11.2 Å². The van der Waals surface area contributed by atoms with Crippen LogP contribution >= 0.6 is 0 Å². The van der Waals surface area contributed by atoms with E-state index < -0.39 is 42.7 Å². The van der Waals surface area contributed by atoms with Crippen LogP contribution in [0, 0.1) is 0 Å². The Bertz CT molecular complexity index is 863. The van der Waals surface area contributed by atoms with E-state index in [1.54, 1.807) is 0 Å². The van der Waals surface area contributed by atoms with Crippen LogP contribution in [0.3, 0.4) is 0 Å². The number of nitrogens with zero attached hydrogens (tertiary/aromatic N) is 4. The van der Waals surface area contributed by atoms with E-state index in [-0.39, 0.29) is 17.0 Å². The molecule has 1 unspecified atom stereocenters. The molecule has 1 amide bonds. The molecule has 13 heteroatoms. The molecule has 160 valence electrons. The number of fused-ring (bicyclic) bond motifs is 1. The van der Waals surface area contributed by atoms with Crippen LogP contribution in [0.4, 0.5) is 5.82 Å². The number of anilines is 1. The first kappa shape index (κ1) is 21.3. The lowest BCUT2D eigenvalue weighted by atomic mass is 10.1. The maximum Gasteiger partial charge on any atom is 0.258 e. The number of hydrogen-bond donors (Lipinski definition) is 7. The molecule has 0 aliphatic carbocycles. The van der Waals surface area contributed by atoms with Crippen molar-refractivity contribution >= 4 is 22.9 Å². The Labute approximate surface area is 165 Å². The van der Waals surface area contributed by atoms with Gasteiger partial charge in [-0.1, -0.05) is 6.42 Å². The quantitative estimate of drug-likeness (QED) is 0.214. The number of rotatable bonds is 8. The van der Waals surface area contributed by atoms with Crippen LogP contribution in [0.2, 0.25) is 0 Å². The van der Waals surface area contributed by atoms with Gasteiger partial charge in [-0.2, -0.15) is 0 Å². The van der Waals surface area contributed by atoms with E-state index in [2.05, 4.69) is 20.3 Å². The maximum absolute atomic E-state index is 12.8. The molecule has 0 saturated carbocycles. The number of aliphatic hydroxyl groups is 3. The average molecular weight is 410 g/mol. The van der Waals surface area contributed by atoms with Gasteiger partial charge in [0.1, 0.15) is 30.4 Å². The molecule has 3 rings (SSSR count). The molecule has 1 saturated heterocycles. The van der Waals surface area contributed by atoms with Gasteiger partial charge >= 0.3 is 0 Å². The number of nitrogens with one attached hydrogen (secondary N) is 1. The molecule has 2 aromatic rings. The second kappa shape index (κ2) is 8.52. The molecule has 13 nitrogen and oxygen atoms in total. The minimum atomic E-state index is -2.01. The summed E-state index contributed by atoms with van der Waals surface area (Å²) in [6.45, 7) is -0.116. The van der Waals surface area contributed by atoms with E-state index in [1.807, 2.05) is 0 Å². The molecule has 3 heterocycles. The number of ether oxygens (including phenoxy) is 1. The molecule has 0 spiro atoms. The normalized spacial score (nSPS) is 28.0. The van der Waals surface area contributed by atoms with Crippen LogP contribution < -0.4 is 22.5 Å². The van der Waals surface area contributed by atoms with E-state index in [9.17, 15) is 20.1 Å². The maximum atomic E-state index is 12.8. The highest BCUT2D eigenvalue weighted by Gasteiger charge is 2.57. The Kier molecular flexibility index (Phi) is 6.26. The number of carbonyl (C=O) groups excluding carboxylic acids is 1. The molecule has 0 radical (unpaired) electrons.